The number of hydrogen-bond acceptors (Lipinski definition) is 4. The van der Waals surface area contributed by atoms with Crippen LogP contribution >= 0.6 is 11.3 Å². The van der Waals surface area contributed by atoms with E-state index in [0.717, 1.165) is 42.8 Å². The molecule has 3 heterocycles. The zero-order chi connectivity index (χ0) is 17.8. The van der Waals surface area contributed by atoms with Crippen LogP contribution in [-0.4, -0.2) is 35.0 Å². The van der Waals surface area contributed by atoms with Gasteiger partial charge in [-0.3, -0.25) is 9.78 Å². The highest BCUT2D eigenvalue weighted by Crippen LogP contribution is 2.24. The molecule has 0 spiro atoms. The maximum absolute atomic E-state index is 12.7. The van der Waals surface area contributed by atoms with Gasteiger partial charge in [-0.25, -0.2) is 0 Å². The Kier molecular flexibility index (Phi) is 4.97. The Balaban J connectivity index is 1.34. The molecular weight excluding hydrogens is 344 g/mol. The molecule has 1 fully saturated rings. The molecule has 1 amide bonds. The Bertz CT molecular complexity index is 839. The van der Waals surface area contributed by atoms with Gasteiger partial charge in [0.2, 0.25) is 0 Å². The summed E-state index contributed by atoms with van der Waals surface area (Å²) < 4.78 is 5.97. The van der Waals surface area contributed by atoms with E-state index in [1.165, 1.54) is 5.56 Å². The molecule has 1 aliphatic rings. The van der Waals surface area contributed by atoms with E-state index in [0.29, 0.717) is 0 Å². The van der Waals surface area contributed by atoms with Crippen molar-refractivity contribution in [3.63, 3.8) is 0 Å². The normalized spacial score (nSPS) is 15.0. The lowest BCUT2D eigenvalue weighted by molar-refractivity contribution is 0.0595. The summed E-state index contributed by atoms with van der Waals surface area (Å²) in [5.74, 6) is 0.943. The number of rotatable bonds is 4. The average molecular weight is 364 g/mol. The summed E-state index contributed by atoms with van der Waals surface area (Å²) in [5.41, 5.74) is 3.09. The van der Waals surface area contributed by atoms with Crippen LogP contribution in [0.25, 0.3) is 11.1 Å². The Morgan fingerprint density at radius 3 is 2.38 bits per heavy atom. The van der Waals surface area contributed by atoms with E-state index in [4.69, 9.17) is 4.74 Å². The van der Waals surface area contributed by atoms with Crippen LogP contribution in [0.2, 0.25) is 0 Å². The van der Waals surface area contributed by atoms with Crippen molar-refractivity contribution in [1.29, 1.82) is 0 Å². The Morgan fingerprint density at radius 1 is 1.00 bits per heavy atom. The van der Waals surface area contributed by atoms with Crippen LogP contribution < -0.4 is 4.74 Å². The molecule has 4 rings (SSSR count). The second kappa shape index (κ2) is 7.70. The van der Waals surface area contributed by atoms with Crippen molar-refractivity contribution in [2.75, 3.05) is 13.1 Å². The van der Waals surface area contributed by atoms with Gasteiger partial charge in [-0.2, -0.15) is 11.3 Å². The highest BCUT2D eigenvalue weighted by molar-refractivity contribution is 7.08. The van der Waals surface area contributed by atoms with E-state index in [2.05, 4.69) is 21.8 Å². The molecule has 2 aromatic heterocycles. The molecule has 5 heteroatoms. The molecule has 0 radical (unpaired) electrons. The van der Waals surface area contributed by atoms with Gasteiger partial charge in [0, 0.05) is 43.9 Å². The van der Waals surface area contributed by atoms with Crippen molar-refractivity contribution >= 4 is 17.2 Å². The van der Waals surface area contributed by atoms with Crippen molar-refractivity contribution in [3.05, 3.63) is 71.2 Å². The molecule has 1 saturated heterocycles. The zero-order valence-corrected chi connectivity index (χ0v) is 15.2. The first-order chi connectivity index (χ1) is 12.8. The summed E-state index contributed by atoms with van der Waals surface area (Å²) >= 11 is 1.68. The van der Waals surface area contributed by atoms with Gasteiger partial charge in [0.05, 0.1) is 0 Å². The Morgan fingerprint density at radius 2 is 1.73 bits per heavy atom. The third-order valence-electron chi connectivity index (χ3n) is 4.67. The van der Waals surface area contributed by atoms with Crippen molar-refractivity contribution in [3.8, 4) is 16.9 Å². The number of thiophene rings is 1. The van der Waals surface area contributed by atoms with Crippen LogP contribution in [0, 0.1) is 0 Å². The third kappa shape index (κ3) is 3.78. The standard InChI is InChI=1S/C21H20N2O2S/c24-21(17-3-1-16(2-4-17)18-9-14-26-15-18)23-12-7-20(8-13-23)25-19-5-10-22-11-6-19/h1-6,9-11,14-15,20H,7-8,12-13H2. The summed E-state index contributed by atoms with van der Waals surface area (Å²) in [7, 11) is 0. The topological polar surface area (TPSA) is 42.4 Å². The lowest BCUT2D eigenvalue weighted by Gasteiger charge is -2.32. The SMILES string of the molecule is O=C(c1ccc(-c2ccsc2)cc1)N1CCC(Oc2ccncc2)CC1. The summed E-state index contributed by atoms with van der Waals surface area (Å²) in [5, 5.41) is 4.18. The second-order valence-corrected chi connectivity index (χ2v) is 7.16. The fourth-order valence-electron chi connectivity index (χ4n) is 3.20. The van der Waals surface area contributed by atoms with Crippen LogP contribution in [0.5, 0.6) is 5.75 Å². The molecule has 4 nitrogen and oxygen atoms in total. The van der Waals surface area contributed by atoms with Crippen molar-refractivity contribution < 1.29 is 9.53 Å². The van der Waals surface area contributed by atoms with Crippen LogP contribution in [0.4, 0.5) is 0 Å². The molecule has 0 saturated carbocycles. The number of ether oxygens (including phenoxy) is 1. The molecule has 3 aromatic rings. The summed E-state index contributed by atoms with van der Waals surface area (Å²) in [6, 6.07) is 13.7. The number of nitrogens with zero attached hydrogens (tertiary/aromatic N) is 2. The zero-order valence-electron chi connectivity index (χ0n) is 14.4. The highest BCUT2D eigenvalue weighted by atomic mass is 32.1. The second-order valence-electron chi connectivity index (χ2n) is 6.38. The molecule has 0 atom stereocenters. The first-order valence-corrected chi connectivity index (χ1v) is 9.72. The quantitative estimate of drug-likeness (QED) is 0.685. The van der Waals surface area contributed by atoms with Gasteiger partial charge in [0.25, 0.3) is 5.91 Å². The number of carbonyl (C=O) groups is 1. The van der Waals surface area contributed by atoms with Crippen molar-refractivity contribution in [2.45, 2.75) is 18.9 Å². The van der Waals surface area contributed by atoms with E-state index in [9.17, 15) is 4.79 Å². The van der Waals surface area contributed by atoms with Crippen LogP contribution in [0.3, 0.4) is 0 Å². The van der Waals surface area contributed by atoms with Crippen molar-refractivity contribution in [1.82, 2.24) is 9.88 Å². The fraction of sp³-hybridized carbons (Fsp3) is 0.238. The Labute approximate surface area is 157 Å². The van der Waals surface area contributed by atoms with Crippen molar-refractivity contribution in [2.24, 2.45) is 0 Å². The number of pyridine rings is 1. The number of benzene rings is 1. The molecule has 0 unspecified atom stereocenters. The largest absolute Gasteiger partial charge is 0.490 e. The van der Waals surface area contributed by atoms with Gasteiger partial charge in [-0.15, -0.1) is 0 Å². The number of aromatic nitrogens is 1. The number of likely N-dealkylation sites (tertiary alicyclic amines) is 1. The summed E-state index contributed by atoms with van der Waals surface area (Å²) in [4.78, 5) is 18.7. The minimum atomic E-state index is 0.101. The maximum Gasteiger partial charge on any atom is 0.253 e. The number of piperidine rings is 1. The lowest BCUT2D eigenvalue weighted by Crippen LogP contribution is -2.41. The first-order valence-electron chi connectivity index (χ1n) is 8.78. The smallest absolute Gasteiger partial charge is 0.253 e. The number of amides is 1. The minimum absolute atomic E-state index is 0.101. The minimum Gasteiger partial charge on any atom is -0.490 e. The van der Waals surface area contributed by atoms with E-state index >= 15 is 0 Å². The van der Waals surface area contributed by atoms with Crippen LogP contribution in [0.1, 0.15) is 23.2 Å². The maximum atomic E-state index is 12.7. The number of hydrogen-bond donors (Lipinski definition) is 0. The molecule has 0 bridgehead atoms. The van der Waals surface area contributed by atoms with Gasteiger partial charge in [-0.1, -0.05) is 12.1 Å². The van der Waals surface area contributed by atoms with Gasteiger partial charge >= 0.3 is 0 Å². The van der Waals surface area contributed by atoms with Gasteiger partial charge < -0.3 is 9.64 Å². The summed E-state index contributed by atoms with van der Waals surface area (Å²) in [6.45, 7) is 1.45. The number of carbonyl (C=O) groups excluding carboxylic acids is 1. The molecule has 1 aromatic carbocycles. The predicted octanol–water partition coefficient (Wildman–Crippen LogP) is 4.49. The van der Waals surface area contributed by atoms with E-state index in [1.807, 2.05) is 41.3 Å². The highest BCUT2D eigenvalue weighted by Gasteiger charge is 2.24. The van der Waals surface area contributed by atoms with Gasteiger partial charge in [-0.05, 0) is 52.2 Å². The van der Waals surface area contributed by atoms with Gasteiger partial charge in [0.1, 0.15) is 11.9 Å². The molecule has 26 heavy (non-hydrogen) atoms. The van der Waals surface area contributed by atoms with Gasteiger partial charge in [0.15, 0.2) is 0 Å². The Hall–Kier alpha value is -2.66. The molecule has 0 aliphatic carbocycles. The molecule has 132 valence electrons. The van der Waals surface area contributed by atoms with Crippen LogP contribution in [-0.2, 0) is 0 Å². The third-order valence-corrected chi connectivity index (χ3v) is 5.35. The van der Waals surface area contributed by atoms with Crippen LogP contribution in [0.15, 0.2) is 65.6 Å². The fourth-order valence-corrected chi connectivity index (χ4v) is 3.87. The monoisotopic (exact) mass is 364 g/mol. The van der Waals surface area contributed by atoms with E-state index in [1.54, 1.807) is 23.7 Å². The molecule has 0 N–H and O–H groups in total. The van der Waals surface area contributed by atoms with E-state index in [-0.39, 0.29) is 12.0 Å². The van der Waals surface area contributed by atoms with E-state index < -0.39 is 0 Å². The lowest BCUT2D eigenvalue weighted by atomic mass is 10.0. The predicted molar refractivity (Wildman–Crippen MR) is 104 cm³/mol. The average Bonchev–Trinajstić information content (AvgIpc) is 3.24. The summed E-state index contributed by atoms with van der Waals surface area (Å²) in [6.07, 6.45) is 5.31. The first kappa shape index (κ1) is 16.8. The molecular formula is C21H20N2O2S. The molecule has 1 aliphatic heterocycles.